The van der Waals surface area contributed by atoms with E-state index in [4.69, 9.17) is 4.42 Å². The molecule has 0 aliphatic carbocycles. The maximum Gasteiger partial charge on any atom is 0.255 e. The van der Waals surface area contributed by atoms with E-state index in [1.807, 2.05) is 67.8 Å². The van der Waals surface area contributed by atoms with Gasteiger partial charge in [0.1, 0.15) is 5.76 Å². The SMILES string of the molecule is CCc1ccccc1NC(=O)CN(C)C(=O)c1cc(C)n(Cc2ccco2)c1C. The number of amides is 2. The number of rotatable bonds is 7. The molecule has 2 amide bonds. The molecule has 0 bridgehead atoms. The van der Waals surface area contributed by atoms with Crippen LogP contribution in [0.4, 0.5) is 5.69 Å². The molecule has 0 fully saturated rings. The molecular formula is C23H27N3O3. The molecule has 2 heterocycles. The van der Waals surface area contributed by atoms with E-state index in [1.54, 1.807) is 13.3 Å². The number of benzene rings is 1. The van der Waals surface area contributed by atoms with E-state index >= 15 is 0 Å². The molecule has 0 spiro atoms. The first-order valence-corrected chi connectivity index (χ1v) is 9.73. The summed E-state index contributed by atoms with van der Waals surface area (Å²) in [4.78, 5) is 26.9. The molecule has 0 aliphatic rings. The van der Waals surface area contributed by atoms with E-state index in [9.17, 15) is 9.59 Å². The van der Waals surface area contributed by atoms with Crippen LogP contribution in [0.25, 0.3) is 0 Å². The third kappa shape index (κ3) is 4.59. The number of aryl methyl sites for hydroxylation is 2. The highest BCUT2D eigenvalue weighted by Gasteiger charge is 2.21. The topological polar surface area (TPSA) is 67.5 Å². The molecule has 0 saturated heterocycles. The molecule has 0 radical (unpaired) electrons. The molecule has 152 valence electrons. The van der Waals surface area contributed by atoms with E-state index < -0.39 is 0 Å². The summed E-state index contributed by atoms with van der Waals surface area (Å²) in [7, 11) is 1.65. The first kappa shape index (κ1) is 20.5. The molecule has 3 rings (SSSR count). The number of likely N-dealkylation sites (N-methyl/N-ethyl adjacent to an activating group) is 1. The van der Waals surface area contributed by atoms with Crippen molar-refractivity contribution in [2.45, 2.75) is 33.7 Å². The fraction of sp³-hybridized carbons (Fsp3) is 0.304. The van der Waals surface area contributed by atoms with Gasteiger partial charge in [-0.3, -0.25) is 9.59 Å². The summed E-state index contributed by atoms with van der Waals surface area (Å²) in [5.74, 6) is 0.432. The smallest absolute Gasteiger partial charge is 0.255 e. The van der Waals surface area contributed by atoms with Gasteiger partial charge in [-0.25, -0.2) is 0 Å². The van der Waals surface area contributed by atoms with Gasteiger partial charge >= 0.3 is 0 Å². The number of carbonyl (C=O) groups excluding carboxylic acids is 2. The zero-order valence-electron chi connectivity index (χ0n) is 17.4. The van der Waals surface area contributed by atoms with E-state index in [2.05, 4.69) is 5.32 Å². The summed E-state index contributed by atoms with van der Waals surface area (Å²) in [6.07, 6.45) is 2.46. The van der Waals surface area contributed by atoms with Crippen molar-refractivity contribution >= 4 is 17.5 Å². The minimum absolute atomic E-state index is 0.0151. The Balaban J connectivity index is 1.69. The molecule has 0 aliphatic heterocycles. The van der Waals surface area contributed by atoms with Gasteiger partial charge in [0.15, 0.2) is 0 Å². The highest BCUT2D eigenvalue weighted by Crippen LogP contribution is 2.19. The second kappa shape index (κ2) is 8.82. The molecule has 0 saturated carbocycles. The Morgan fingerprint density at radius 1 is 1.14 bits per heavy atom. The molecule has 1 aromatic carbocycles. The lowest BCUT2D eigenvalue weighted by molar-refractivity contribution is -0.116. The fourth-order valence-corrected chi connectivity index (χ4v) is 3.45. The van der Waals surface area contributed by atoms with Crippen molar-refractivity contribution in [2.24, 2.45) is 0 Å². The van der Waals surface area contributed by atoms with Crippen molar-refractivity contribution in [2.75, 3.05) is 18.9 Å². The molecule has 6 nitrogen and oxygen atoms in total. The number of hydrogen-bond acceptors (Lipinski definition) is 3. The average molecular weight is 393 g/mol. The number of nitrogens with zero attached hydrogens (tertiary/aromatic N) is 2. The summed E-state index contributed by atoms with van der Waals surface area (Å²) in [5.41, 5.74) is 4.27. The molecule has 1 N–H and O–H groups in total. The summed E-state index contributed by atoms with van der Waals surface area (Å²) < 4.78 is 7.46. The number of furan rings is 1. The van der Waals surface area contributed by atoms with Gasteiger partial charge in [-0.2, -0.15) is 0 Å². The van der Waals surface area contributed by atoms with Crippen LogP contribution in [0.3, 0.4) is 0 Å². The van der Waals surface area contributed by atoms with Gasteiger partial charge in [0, 0.05) is 24.1 Å². The fourth-order valence-electron chi connectivity index (χ4n) is 3.45. The monoisotopic (exact) mass is 393 g/mol. The highest BCUT2D eigenvalue weighted by atomic mass is 16.3. The van der Waals surface area contributed by atoms with Crippen LogP contribution >= 0.6 is 0 Å². The second-order valence-corrected chi connectivity index (χ2v) is 7.17. The summed E-state index contributed by atoms with van der Waals surface area (Å²) in [6, 6.07) is 13.3. The summed E-state index contributed by atoms with van der Waals surface area (Å²) in [6.45, 7) is 6.46. The van der Waals surface area contributed by atoms with Gasteiger partial charge in [0.05, 0.1) is 24.9 Å². The van der Waals surface area contributed by atoms with Crippen LogP contribution in [0.15, 0.2) is 53.1 Å². The summed E-state index contributed by atoms with van der Waals surface area (Å²) in [5, 5.41) is 2.91. The summed E-state index contributed by atoms with van der Waals surface area (Å²) >= 11 is 0. The lowest BCUT2D eigenvalue weighted by Gasteiger charge is -2.18. The number of hydrogen-bond donors (Lipinski definition) is 1. The Morgan fingerprint density at radius 3 is 2.59 bits per heavy atom. The number of para-hydroxylation sites is 1. The van der Waals surface area contributed by atoms with Gasteiger partial charge in [0.2, 0.25) is 5.91 Å². The van der Waals surface area contributed by atoms with Crippen molar-refractivity contribution in [3.05, 3.63) is 77.0 Å². The van der Waals surface area contributed by atoms with E-state index in [0.29, 0.717) is 12.1 Å². The van der Waals surface area contributed by atoms with Crippen molar-refractivity contribution in [3.8, 4) is 0 Å². The quantitative estimate of drug-likeness (QED) is 0.659. The maximum absolute atomic E-state index is 13.0. The Bertz CT molecular complexity index is 1000. The minimum atomic E-state index is -0.217. The molecule has 0 unspecified atom stereocenters. The van der Waals surface area contributed by atoms with Crippen LogP contribution in [0.5, 0.6) is 0 Å². The molecule has 6 heteroatoms. The Morgan fingerprint density at radius 2 is 1.90 bits per heavy atom. The van der Waals surface area contributed by atoms with Gasteiger partial charge in [-0.1, -0.05) is 25.1 Å². The first-order valence-electron chi connectivity index (χ1n) is 9.73. The Labute approximate surface area is 171 Å². The van der Waals surface area contributed by atoms with Gasteiger partial charge in [-0.15, -0.1) is 0 Å². The maximum atomic E-state index is 13.0. The number of aromatic nitrogens is 1. The number of anilines is 1. The third-order valence-corrected chi connectivity index (χ3v) is 5.10. The molecule has 29 heavy (non-hydrogen) atoms. The lowest BCUT2D eigenvalue weighted by Crippen LogP contribution is -2.35. The zero-order valence-corrected chi connectivity index (χ0v) is 17.4. The molecular weight excluding hydrogens is 366 g/mol. The highest BCUT2D eigenvalue weighted by molar-refractivity contribution is 6.00. The lowest BCUT2D eigenvalue weighted by atomic mass is 10.1. The van der Waals surface area contributed by atoms with Crippen LogP contribution in [0, 0.1) is 13.8 Å². The van der Waals surface area contributed by atoms with E-state index in [0.717, 1.165) is 34.8 Å². The van der Waals surface area contributed by atoms with Gasteiger partial charge < -0.3 is 19.2 Å². The normalized spacial score (nSPS) is 10.8. The van der Waals surface area contributed by atoms with Crippen molar-refractivity contribution in [1.82, 2.24) is 9.47 Å². The van der Waals surface area contributed by atoms with E-state index in [1.165, 1.54) is 4.90 Å². The average Bonchev–Trinajstić information content (AvgIpc) is 3.31. The van der Waals surface area contributed by atoms with Crippen molar-refractivity contribution < 1.29 is 14.0 Å². The van der Waals surface area contributed by atoms with Gasteiger partial charge in [-0.05, 0) is 50.1 Å². The van der Waals surface area contributed by atoms with Crippen LogP contribution in [0.2, 0.25) is 0 Å². The predicted octanol–water partition coefficient (Wildman–Crippen LogP) is 4.02. The standard InChI is InChI=1S/C23H27N3O3/c1-5-18-9-6-7-11-21(18)24-22(27)15-25(4)23(28)20-13-16(2)26(17(20)3)14-19-10-8-12-29-19/h6-13H,5,14-15H2,1-4H3,(H,24,27). The predicted molar refractivity (Wildman–Crippen MR) is 113 cm³/mol. The van der Waals surface area contributed by atoms with Crippen LogP contribution in [0.1, 0.15) is 40.0 Å². The molecule has 0 atom stereocenters. The van der Waals surface area contributed by atoms with Crippen molar-refractivity contribution in [1.29, 1.82) is 0 Å². The Kier molecular flexibility index (Phi) is 6.22. The number of nitrogens with one attached hydrogen (secondary N) is 1. The van der Waals surface area contributed by atoms with Crippen molar-refractivity contribution in [3.63, 3.8) is 0 Å². The molecule has 2 aromatic heterocycles. The Hall–Kier alpha value is -3.28. The largest absolute Gasteiger partial charge is 0.467 e. The van der Waals surface area contributed by atoms with Crippen LogP contribution < -0.4 is 5.32 Å². The van der Waals surface area contributed by atoms with Crippen LogP contribution in [-0.4, -0.2) is 34.9 Å². The zero-order chi connectivity index (χ0) is 21.0. The minimum Gasteiger partial charge on any atom is -0.467 e. The van der Waals surface area contributed by atoms with Gasteiger partial charge in [0.25, 0.3) is 5.91 Å². The van der Waals surface area contributed by atoms with E-state index in [-0.39, 0.29) is 18.4 Å². The molecule has 3 aromatic rings. The van der Waals surface area contributed by atoms with Crippen LogP contribution in [-0.2, 0) is 17.8 Å². The third-order valence-electron chi connectivity index (χ3n) is 5.10. The second-order valence-electron chi connectivity index (χ2n) is 7.17. The number of carbonyl (C=O) groups is 2. The first-order chi connectivity index (χ1) is 13.9.